The third-order valence-electron chi connectivity index (χ3n) is 8.50. The fourth-order valence-electron chi connectivity index (χ4n) is 6.30. The van der Waals surface area contributed by atoms with E-state index in [9.17, 15) is 4.79 Å². The molecule has 4 heterocycles. The number of nitrogens with zero attached hydrogens (tertiary/aromatic N) is 3. The summed E-state index contributed by atoms with van der Waals surface area (Å²) in [6, 6.07) is 14.2. The zero-order chi connectivity index (χ0) is 27.7. The number of piperidine rings is 1. The van der Waals surface area contributed by atoms with E-state index in [-0.39, 0.29) is 5.56 Å². The molecule has 8 nitrogen and oxygen atoms in total. The van der Waals surface area contributed by atoms with Crippen LogP contribution in [0.15, 0.2) is 53.5 Å². The molecule has 2 saturated heterocycles. The van der Waals surface area contributed by atoms with E-state index >= 15 is 0 Å². The summed E-state index contributed by atoms with van der Waals surface area (Å²) in [5, 5.41) is 4.16. The number of halogens is 1. The molecule has 0 amide bonds. The Morgan fingerprint density at radius 1 is 1.15 bits per heavy atom. The first-order valence-electron chi connectivity index (χ1n) is 14.1. The lowest BCUT2D eigenvalue weighted by Gasteiger charge is -2.54. The van der Waals surface area contributed by atoms with Crippen LogP contribution in [0, 0.1) is 12.3 Å². The van der Waals surface area contributed by atoms with Gasteiger partial charge in [0.25, 0.3) is 5.56 Å². The molecule has 3 N–H and O–H groups in total. The number of methoxy groups -OCH3 is 1. The van der Waals surface area contributed by atoms with Crippen LogP contribution in [0.2, 0.25) is 5.02 Å². The first-order chi connectivity index (χ1) is 19.4. The molecular formula is C31H37ClN6O2. The number of rotatable bonds is 9. The number of hydrogen-bond donors (Lipinski definition) is 3. The molecule has 2 aromatic carbocycles. The minimum absolute atomic E-state index is 0.175. The van der Waals surface area contributed by atoms with E-state index in [1.165, 1.54) is 31.6 Å². The number of aromatic amines is 2. The summed E-state index contributed by atoms with van der Waals surface area (Å²) in [5.74, 6) is 0.575. The second-order valence-electron chi connectivity index (χ2n) is 11.3. The predicted octanol–water partition coefficient (Wildman–Crippen LogP) is 5.08. The van der Waals surface area contributed by atoms with Crippen LogP contribution in [0.3, 0.4) is 0 Å². The van der Waals surface area contributed by atoms with Gasteiger partial charge in [0.15, 0.2) is 0 Å². The Morgan fingerprint density at radius 3 is 2.75 bits per heavy atom. The number of ether oxygens (including phenoxy) is 1. The van der Waals surface area contributed by atoms with Crippen LogP contribution in [0.5, 0.6) is 0 Å². The maximum Gasteiger partial charge on any atom is 0.261 e. The molecule has 210 valence electrons. The van der Waals surface area contributed by atoms with Crippen molar-refractivity contribution in [2.24, 2.45) is 5.41 Å². The molecule has 2 aliphatic heterocycles. The number of nitrogens with one attached hydrogen (secondary N) is 3. The number of benzene rings is 2. The average Bonchev–Trinajstić information content (AvgIpc) is 3.35. The van der Waals surface area contributed by atoms with Gasteiger partial charge in [0, 0.05) is 63.3 Å². The Morgan fingerprint density at radius 2 is 1.98 bits per heavy atom. The second kappa shape index (κ2) is 11.3. The minimum Gasteiger partial charge on any atom is -0.384 e. The van der Waals surface area contributed by atoms with Crippen molar-refractivity contribution >= 4 is 34.0 Å². The van der Waals surface area contributed by atoms with E-state index in [0.717, 1.165) is 65.5 Å². The highest BCUT2D eigenvalue weighted by Crippen LogP contribution is 2.41. The normalized spacial score (nSPS) is 16.9. The van der Waals surface area contributed by atoms with E-state index < -0.39 is 0 Å². The number of H-pyrrole nitrogens is 2. The predicted molar refractivity (Wildman–Crippen MR) is 163 cm³/mol. The maximum atomic E-state index is 13.0. The summed E-state index contributed by atoms with van der Waals surface area (Å²) in [4.78, 5) is 29.1. The molecule has 1 spiro atoms. The molecule has 4 aromatic rings. The van der Waals surface area contributed by atoms with Crippen molar-refractivity contribution in [3.8, 4) is 11.4 Å². The summed E-state index contributed by atoms with van der Waals surface area (Å²) in [6.45, 7) is 9.10. The van der Waals surface area contributed by atoms with Crippen LogP contribution in [0.4, 0.5) is 11.4 Å². The second-order valence-corrected chi connectivity index (χ2v) is 11.8. The zero-order valence-corrected chi connectivity index (χ0v) is 24.0. The summed E-state index contributed by atoms with van der Waals surface area (Å²) >= 11 is 6.13. The van der Waals surface area contributed by atoms with E-state index in [2.05, 4.69) is 50.2 Å². The fourth-order valence-corrected chi connectivity index (χ4v) is 6.52. The van der Waals surface area contributed by atoms with Crippen LogP contribution in [0.25, 0.3) is 22.4 Å². The molecule has 6 rings (SSSR count). The van der Waals surface area contributed by atoms with Gasteiger partial charge in [0.2, 0.25) is 0 Å². The van der Waals surface area contributed by atoms with Crippen molar-refractivity contribution in [2.45, 2.75) is 26.2 Å². The Hall–Kier alpha value is -3.33. The fraction of sp³-hybridized carbons (Fsp3) is 0.419. The molecule has 0 aliphatic carbocycles. The van der Waals surface area contributed by atoms with E-state index in [4.69, 9.17) is 21.3 Å². The quantitative estimate of drug-likeness (QED) is 0.264. The van der Waals surface area contributed by atoms with Crippen molar-refractivity contribution in [3.05, 3.63) is 75.2 Å². The van der Waals surface area contributed by atoms with Gasteiger partial charge in [-0.15, -0.1) is 0 Å². The number of anilines is 2. The molecule has 0 bridgehead atoms. The van der Waals surface area contributed by atoms with Crippen molar-refractivity contribution in [3.63, 3.8) is 0 Å². The SMILES string of the molecule is COCCN1CC2(CCN(c3cc(C)c4nc(-c5c(NCCc6cccc(Cl)c6)cc[nH]c5=O)[nH]c4c3)CC2)C1. The third kappa shape index (κ3) is 5.48. The zero-order valence-electron chi connectivity index (χ0n) is 23.2. The van der Waals surface area contributed by atoms with Crippen LogP contribution >= 0.6 is 11.6 Å². The van der Waals surface area contributed by atoms with Crippen LogP contribution in [-0.4, -0.2) is 72.8 Å². The van der Waals surface area contributed by atoms with Gasteiger partial charge in [-0.05, 0) is 73.1 Å². The summed E-state index contributed by atoms with van der Waals surface area (Å²) in [5.41, 5.74) is 6.88. The molecule has 0 unspecified atom stereocenters. The lowest BCUT2D eigenvalue weighted by atomic mass is 9.72. The van der Waals surface area contributed by atoms with Crippen LogP contribution in [-0.2, 0) is 11.2 Å². The van der Waals surface area contributed by atoms with Crippen molar-refractivity contribution < 1.29 is 4.74 Å². The highest BCUT2D eigenvalue weighted by molar-refractivity contribution is 6.30. The van der Waals surface area contributed by atoms with Gasteiger partial charge in [0.1, 0.15) is 11.4 Å². The first-order valence-corrected chi connectivity index (χ1v) is 14.5. The molecule has 2 fully saturated rings. The standard InChI is InChI=1S/C31H37ClN6O2/c1-21-16-24(38-12-8-31(9-13-38)19-37(20-31)14-15-40-2)18-26-28(21)36-29(35-26)27-25(7-11-34-30(27)39)33-10-6-22-4-3-5-23(32)17-22/h3-5,7,11,16-18H,6,8-10,12-15,19-20H2,1-2H3,(H,35,36)(H2,33,34,39). The largest absolute Gasteiger partial charge is 0.384 e. The highest BCUT2D eigenvalue weighted by atomic mass is 35.5. The number of aryl methyl sites for hydroxylation is 1. The van der Waals surface area contributed by atoms with Crippen LogP contribution in [0.1, 0.15) is 24.0 Å². The van der Waals surface area contributed by atoms with Gasteiger partial charge in [-0.25, -0.2) is 4.98 Å². The van der Waals surface area contributed by atoms with E-state index in [0.29, 0.717) is 23.3 Å². The van der Waals surface area contributed by atoms with Crippen molar-refractivity contribution in [1.29, 1.82) is 0 Å². The molecule has 9 heteroatoms. The molecule has 0 saturated carbocycles. The van der Waals surface area contributed by atoms with Gasteiger partial charge in [0.05, 0.1) is 23.3 Å². The maximum absolute atomic E-state index is 13.0. The number of aromatic nitrogens is 3. The Labute approximate surface area is 239 Å². The molecular weight excluding hydrogens is 524 g/mol. The smallest absolute Gasteiger partial charge is 0.261 e. The van der Waals surface area contributed by atoms with Crippen molar-refractivity contribution in [2.75, 3.05) is 63.2 Å². The summed E-state index contributed by atoms with van der Waals surface area (Å²) < 4.78 is 5.24. The molecule has 2 aromatic heterocycles. The molecule has 40 heavy (non-hydrogen) atoms. The lowest BCUT2D eigenvalue weighted by Crippen LogP contribution is -2.60. The Bertz CT molecular complexity index is 1550. The molecule has 2 aliphatic rings. The van der Waals surface area contributed by atoms with Gasteiger partial charge in [-0.2, -0.15) is 0 Å². The number of hydrogen-bond acceptors (Lipinski definition) is 6. The van der Waals surface area contributed by atoms with E-state index in [1.807, 2.05) is 24.3 Å². The number of likely N-dealkylation sites (tertiary alicyclic amines) is 1. The topological polar surface area (TPSA) is 89.3 Å². The third-order valence-corrected chi connectivity index (χ3v) is 8.73. The minimum atomic E-state index is -0.175. The van der Waals surface area contributed by atoms with Crippen molar-refractivity contribution in [1.82, 2.24) is 19.9 Å². The Kier molecular flexibility index (Phi) is 7.57. The molecule has 0 radical (unpaired) electrons. The number of pyridine rings is 1. The van der Waals surface area contributed by atoms with Crippen LogP contribution < -0.4 is 15.8 Å². The number of fused-ring (bicyclic) bond motifs is 1. The van der Waals surface area contributed by atoms with E-state index in [1.54, 1.807) is 13.3 Å². The average molecular weight is 561 g/mol. The Balaban J connectivity index is 1.18. The highest BCUT2D eigenvalue weighted by Gasteiger charge is 2.44. The molecule has 0 atom stereocenters. The lowest BCUT2D eigenvalue weighted by molar-refractivity contribution is -0.0297. The van der Waals surface area contributed by atoms with Gasteiger partial charge < -0.3 is 24.9 Å². The number of imidazole rings is 1. The summed E-state index contributed by atoms with van der Waals surface area (Å²) in [6.07, 6.45) is 4.89. The van der Waals surface area contributed by atoms with Gasteiger partial charge in [-0.3, -0.25) is 9.69 Å². The summed E-state index contributed by atoms with van der Waals surface area (Å²) in [7, 11) is 1.77. The van der Waals surface area contributed by atoms with Gasteiger partial charge >= 0.3 is 0 Å². The monoisotopic (exact) mass is 560 g/mol. The first kappa shape index (κ1) is 26.9. The van der Waals surface area contributed by atoms with Gasteiger partial charge in [-0.1, -0.05) is 23.7 Å².